The number of hydrogen-bond acceptors (Lipinski definition) is 6. The lowest BCUT2D eigenvalue weighted by Crippen LogP contribution is -2.33. The van der Waals surface area contributed by atoms with E-state index in [0.717, 1.165) is 27.4 Å². The van der Waals surface area contributed by atoms with E-state index in [1.165, 1.54) is 0 Å². The van der Waals surface area contributed by atoms with Crippen LogP contribution in [0.3, 0.4) is 0 Å². The Kier molecular flexibility index (Phi) is 6.29. The van der Waals surface area contributed by atoms with Gasteiger partial charge in [-0.2, -0.15) is 0 Å². The van der Waals surface area contributed by atoms with Gasteiger partial charge >= 0.3 is 0 Å². The molecular weight excluding hydrogens is 490 g/mol. The Labute approximate surface area is 195 Å². The first kappa shape index (κ1) is 22.0. The summed E-state index contributed by atoms with van der Waals surface area (Å²) in [5.41, 5.74) is 2.93. The highest BCUT2D eigenvalue weighted by Crippen LogP contribution is 2.42. The molecule has 0 unspecified atom stereocenters. The SMILES string of the molecule is CS(=O)(=O)Nc1nccc(CC(c2cccnc2)(c2cccnc2)c2cccc(Br)c2)n1. The molecule has 0 amide bonds. The molecule has 1 aromatic carbocycles. The number of pyridine rings is 2. The van der Waals surface area contributed by atoms with Gasteiger partial charge in [-0.05, 0) is 47.0 Å². The van der Waals surface area contributed by atoms with Crippen molar-refractivity contribution in [3.05, 3.63) is 112 Å². The van der Waals surface area contributed by atoms with Crippen molar-refractivity contribution in [2.75, 3.05) is 11.0 Å². The Hall–Kier alpha value is -3.17. The van der Waals surface area contributed by atoms with Crippen LogP contribution in [0.15, 0.2) is 90.1 Å². The lowest BCUT2D eigenvalue weighted by Gasteiger charge is -2.35. The third-order valence-corrected chi connectivity index (χ3v) is 6.11. The summed E-state index contributed by atoms with van der Waals surface area (Å²) in [4.78, 5) is 17.3. The molecule has 0 radical (unpaired) electrons. The van der Waals surface area contributed by atoms with E-state index >= 15 is 0 Å². The number of hydrogen-bond donors (Lipinski definition) is 1. The molecule has 0 atom stereocenters. The highest BCUT2D eigenvalue weighted by molar-refractivity contribution is 9.10. The van der Waals surface area contributed by atoms with E-state index in [-0.39, 0.29) is 5.95 Å². The molecule has 0 aliphatic heterocycles. The van der Waals surface area contributed by atoms with Gasteiger partial charge in [0.05, 0.1) is 11.7 Å². The number of rotatable bonds is 7. The average Bonchev–Trinajstić information content (AvgIpc) is 2.78. The van der Waals surface area contributed by atoms with Gasteiger partial charge in [0.25, 0.3) is 0 Å². The molecule has 4 rings (SSSR count). The van der Waals surface area contributed by atoms with Gasteiger partial charge in [0, 0.05) is 47.6 Å². The van der Waals surface area contributed by atoms with E-state index in [9.17, 15) is 8.42 Å². The van der Waals surface area contributed by atoms with Crippen molar-refractivity contribution in [2.45, 2.75) is 11.8 Å². The maximum absolute atomic E-state index is 11.7. The maximum Gasteiger partial charge on any atom is 0.236 e. The van der Waals surface area contributed by atoms with Crippen LogP contribution in [0.4, 0.5) is 5.95 Å². The number of nitrogens with zero attached hydrogens (tertiary/aromatic N) is 4. The van der Waals surface area contributed by atoms with Crippen LogP contribution in [0.25, 0.3) is 0 Å². The van der Waals surface area contributed by atoms with Crippen molar-refractivity contribution >= 4 is 31.9 Å². The Morgan fingerprint density at radius 2 is 1.56 bits per heavy atom. The number of nitrogens with one attached hydrogen (secondary N) is 1. The number of benzene rings is 1. The molecular formula is C23H20BrN5O2S. The lowest BCUT2D eigenvalue weighted by molar-refractivity contribution is 0.596. The molecule has 162 valence electrons. The third-order valence-electron chi connectivity index (χ3n) is 5.06. The molecule has 1 N–H and O–H groups in total. The van der Waals surface area contributed by atoms with Gasteiger partial charge in [-0.25, -0.2) is 18.4 Å². The smallest absolute Gasteiger partial charge is 0.236 e. The van der Waals surface area contributed by atoms with Gasteiger partial charge in [0.1, 0.15) is 0 Å². The van der Waals surface area contributed by atoms with Crippen LogP contribution in [0.5, 0.6) is 0 Å². The van der Waals surface area contributed by atoms with Crippen LogP contribution in [0.1, 0.15) is 22.4 Å². The minimum atomic E-state index is -3.50. The quantitative estimate of drug-likeness (QED) is 0.404. The third kappa shape index (κ3) is 4.84. The first-order valence-electron chi connectivity index (χ1n) is 9.74. The Morgan fingerprint density at radius 1 is 0.906 bits per heavy atom. The monoisotopic (exact) mass is 509 g/mol. The van der Waals surface area contributed by atoms with E-state index in [1.807, 2.05) is 48.8 Å². The maximum atomic E-state index is 11.7. The molecule has 0 saturated heterocycles. The van der Waals surface area contributed by atoms with E-state index in [0.29, 0.717) is 12.1 Å². The zero-order valence-electron chi connectivity index (χ0n) is 17.2. The van der Waals surface area contributed by atoms with Crippen LogP contribution in [-0.2, 0) is 21.9 Å². The molecule has 0 bridgehead atoms. The Bertz CT molecular complexity index is 1280. The van der Waals surface area contributed by atoms with E-state index < -0.39 is 15.4 Å². The van der Waals surface area contributed by atoms with Crippen molar-refractivity contribution in [2.24, 2.45) is 0 Å². The number of sulfonamides is 1. The second-order valence-corrected chi connectivity index (χ2v) is 9.99. The zero-order chi connectivity index (χ0) is 22.6. The fourth-order valence-electron chi connectivity index (χ4n) is 3.77. The highest BCUT2D eigenvalue weighted by atomic mass is 79.9. The predicted molar refractivity (Wildman–Crippen MR) is 127 cm³/mol. The number of aromatic nitrogens is 4. The van der Waals surface area contributed by atoms with Crippen molar-refractivity contribution in [3.8, 4) is 0 Å². The summed E-state index contributed by atoms with van der Waals surface area (Å²) in [6, 6.07) is 17.7. The highest BCUT2D eigenvalue weighted by Gasteiger charge is 2.38. The molecule has 0 aliphatic carbocycles. The Morgan fingerprint density at radius 3 is 2.12 bits per heavy atom. The van der Waals surface area contributed by atoms with Crippen LogP contribution in [0, 0.1) is 0 Å². The van der Waals surface area contributed by atoms with Gasteiger partial charge in [-0.3, -0.25) is 14.7 Å². The number of anilines is 1. The Balaban J connectivity index is 1.95. The number of halogens is 1. The normalized spacial score (nSPS) is 11.8. The fourth-order valence-corrected chi connectivity index (χ4v) is 4.60. The molecule has 0 spiro atoms. The van der Waals surface area contributed by atoms with Gasteiger partial charge in [0.2, 0.25) is 16.0 Å². The van der Waals surface area contributed by atoms with Crippen LogP contribution >= 0.6 is 15.9 Å². The summed E-state index contributed by atoms with van der Waals surface area (Å²) < 4.78 is 26.7. The largest absolute Gasteiger partial charge is 0.264 e. The minimum Gasteiger partial charge on any atom is -0.264 e. The van der Waals surface area contributed by atoms with E-state index in [2.05, 4.69) is 52.7 Å². The van der Waals surface area contributed by atoms with Crippen molar-refractivity contribution in [1.82, 2.24) is 19.9 Å². The summed E-state index contributed by atoms with van der Waals surface area (Å²) in [6.07, 6.45) is 10.2. The lowest BCUT2D eigenvalue weighted by atomic mass is 9.67. The minimum absolute atomic E-state index is 0.0329. The van der Waals surface area contributed by atoms with Gasteiger partial charge in [-0.1, -0.05) is 40.2 Å². The summed E-state index contributed by atoms with van der Waals surface area (Å²) in [5.74, 6) is 0.0329. The molecule has 7 nitrogen and oxygen atoms in total. The summed E-state index contributed by atoms with van der Waals surface area (Å²) >= 11 is 3.60. The van der Waals surface area contributed by atoms with Gasteiger partial charge < -0.3 is 0 Å². The molecule has 32 heavy (non-hydrogen) atoms. The van der Waals surface area contributed by atoms with Crippen LogP contribution < -0.4 is 4.72 Å². The van der Waals surface area contributed by atoms with Crippen LogP contribution in [-0.4, -0.2) is 34.6 Å². The van der Waals surface area contributed by atoms with Crippen molar-refractivity contribution in [3.63, 3.8) is 0 Å². The van der Waals surface area contributed by atoms with Crippen LogP contribution in [0.2, 0.25) is 0 Å². The molecule has 3 aromatic heterocycles. The fraction of sp³-hybridized carbons (Fsp3) is 0.130. The molecule has 9 heteroatoms. The van der Waals surface area contributed by atoms with Crippen molar-refractivity contribution < 1.29 is 8.42 Å². The van der Waals surface area contributed by atoms with Crippen molar-refractivity contribution in [1.29, 1.82) is 0 Å². The second kappa shape index (κ2) is 9.13. The first-order valence-corrected chi connectivity index (χ1v) is 12.4. The van der Waals surface area contributed by atoms with E-state index in [4.69, 9.17) is 0 Å². The summed E-state index contributed by atoms with van der Waals surface area (Å²) in [7, 11) is -3.50. The average molecular weight is 510 g/mol. The topological polar surface area (TPSA) is 97.7 Å². The summed E-state index contributed by atoms with van der Waals surface area (Å²) in [5, 5.41) is 0. The zero-order valence-corrected chi connectivity index (χ0v) is 19.6. The predicted octanol–water partition coefficient (Wildman–Crippen LogP) is 3.98. The first-order chi connectivity index (χ1) is 15.4. The molecule has 3 heterocycles. The van der Waals surface area contributed by atoms with E-state index in [1.54, 1.807) is 24.7 Å². The summed E-state index contributed by atoms with van der Waals surface area (Å²) in [6.45, 7) is 0. The van der Waals surface area contributed by atoms with Gasteiger partial charge in [-0.15, -0.1) is 0 Å². The van der Waals surface area contributed by atoms with Gasteiger partial charge in [0.15, 0.2) is 0 Å². The molecule has 0 aliphatic rings. The molecule has 0 saturated carbocycles. The molecule has 4 aromatic rings. The standard InChI is InChI=1S/C23H20BrN5O2S/c1-32(30,31)29-22-27-12-9-21(28-22)14-23(18-6-3-10-25-15-18,19-7-4-11-26-16-19)17-5-2-8-20(24)13-17/h2-13,15-16H,14H2,1H3,(H,27,28,29). The molecule has 0 fully saturated rings. The second-order valence-electron chi connectivity index (χ2n) is 7.32.